The van der Waals surface area contributed by atoms with Crippen LogP contribution in [0.15, 0.2) is 42.5 Å². The van der Waals surface area contributed by atoms with Gasteiger partial charge in [0.25, 0.3) is 0 Å². The number of halogens is 1. The lowest BCUT2D eigenvalue weighted by Gasteiger charge is -2.20. The van der Waals surface area contributed by atoms with Gasteiger partial charge in [0.15, 0.2) is 0 Å². The molecule has 1 atom stereocenters. The minimum atomic E-state index is -0.182. The van der Waals surface area contributed by atoms with Crippen molar-refractivity contribution >= 4 is 0 Å². The molecule has 2 rings (SSSR count). The Balaban J connectivity index is 2.44. The summed E-state index contributed by atoms with van der Waals surface area (Å²) in [6.45, 7) is 4.66. The Bertz CT molecular complexity index is 583. The molecule has 106 valence electrons. The zero-order valence-electron chi connectivity index (χ0n) is 12.1. The number of benzene rings is 2. The average molecular weight is 273 g/mol. The highest BCUT2D eigenvalue weighted by molar-refractivity contribution is 5.38. The van der Waals surface area contributed by atoms with Crippen molar-refractivity contribution in [2.45, 2.75) is 19.9 Å². The zero-order chi connectivity index (χ0) is 14.5. The minimum Gasteiger partial charge on any atom is -0.497 e. The summed E-state index contributed by atoms with van der Waals surface area (Å²) < 4.78 is 19.5. The van der Waals surface area contributed by atoms with E-state index in [2.05, 4.69) is 5.32 Å². The van der Waals surface area contributed by atoms with Crippen molar-refractivity contribution in [3.8, 4) is 5.75 Å². The van der Waals surface area contributed by atoms with E-state index in [0.717, 1.165) is 23.4 Å². The van der Waals surface area contributed by atoms with Crippen molar-refractivity contribution in [3.05, 3.63) is 65.0 Å². The number of ether oxygens (including phenoxy) is 1. The number of aryl methyl sites for hydroxylation is 1. The molecule has 0 aliphatic carbocycles. The molecular weight excluding hydrogens is 253 g/mol. The quantitative estimate of drug-likeness (QED) is 0.893. The second-order valence-corrected chi connectivity index (χ2v) is 4.79. The molecule has 0 amide bonds. The maximum atomic E-state index is 14.2. The summed E-state index contributed by atoms with van der Waals surface area (Å²) in [5, 5.41) is 3.33. The first-order chi connectivity index (χ1) is 9.65. The van der Waals surface area contributed by atoms with Gasteiger partial charge in [-0.25, -0.2) is 4.39 Å². The Morgan fingerprint density at radius 3 is 2.65 bits per heavy atom. The average Bonchev–Trinajstić information content (AvgIpc) is 2.45. The fourth-order valence-corrected chi connectivity index (χ4v) is 2.30. The first kappa shape index (κ1) is 14.5. The van der Waals surface area contributed by atoms with Crippen LogP contribution in [0.4, 0.5) is 4.39 Å². The van der Waals surface area contributed by atoms with Crippen LogP contribution < -0.4 is 10.1 Å². The zero-order valence-corrected chi connectivity index (χ0v) is 12.1. The third kappa shape index (κ3) is 3.17. The second kappa shape index (κ2) is 6.53. The van der Waals surface area contributed by atoms with E-state index in [0.29, 0.717) is 5.56 Å². The van der Waals surface area contributed by atoms with E-state index in [9.17, 15) is 4.39 Å². The van der Waals surface area contributed by atoms with Crippen molar-refractivity contribution in [3.63, 3.8) is 0 Å². The van der Waals surface area contributed by atoms with Gasteiger partial charge in [-0.05, 0) is 42.8 Å². The van der Waals surface area contributed by atoms with Gasteiger partial charge in [0.05, 0.1) is 13.2 Å². The maximum absolute atomic E-state index is 14.2. The molecule has 0 saturated heterocycles. The van der Waals surface area contributed by atoms with Gasteiger partial charge in [-0.15, -0.1) is 0 Å². The normalized spacial score (nSPS) is 12.2. The van der Waals surface area contributed by atoms with E-state index in [4.69, 9.17) is 4.74 Å². The summed E-state index contributed by atoms with van der Waals surface area (Å²) in [7, 11) is 1.63. The number of rotatable bonds is 5. The van der Waals surface area contributed by atoms with E-state index >= 15 is 0 Å². The fourth-order valence-electron chi connectivity index (χ4n) is 2.30. The smallest absolute Gasteiger partial charge is 0.128 e. The molecule has 0 aromatic heterocycles. The van der Waals surface area contributed by atoms with Gasteiger partial charge in [0.1, 0.15) is 11.6 Å². The van der Waals surface area contributed by atoms with Crippen LogP contribution in [0.3, 0.4) is 0 Å². The van der Waals surface area contributed by atoms with Crippen molar-refractivity contribution in [2.24, 2.45) is 0 Å². The standard InChI is InChI=1S/C17H20FNO/c1-4-19-17(13-6-5-7-14(11-13)20-3)15-9-8-12(2)10-16(15)18/h5-11,17,19H,4H2,1-3H3. The monoisotopic (exact) mass is 273 g/mol. The largest absolute Gasteiger partial charge is 0.497 e. The Hall–Kier alpha value is -1.87. The first-order valence-corrected chi connectivity index (χ1v) is 6.79. The van der Waals surface area contributed by atoms with E-state index in [1.165, 1.54) is 0 Å². The third-order valence-corrected chi connectivity index (χ3v) is 3.30. The van der Waals surface area contributed by atoms with Crippen LogP contribution in [0, 0.1) is 12.7 Å². The Morgan fingerprint density at radius 2 is 2.00 bits per heavy atom. The van der Waals surface area contributed by atoms with Gasteiger partial charge in [0.2, 0.25) is 0 Å². The summed E-state index contributed by atoms with van der Waals surface area (Å²) in [5.41, 5.74) is 2.58. The van der Waals surface area contributed by atoms with Crippen molar-refractivity contribution in [2.75, 3.05) is 13.7 Å². The predicted molar refractivity (Wildman–Crippen MR) is 79.7 cm³/mol. The molecule has 1 N–H and O–H groups in total. The topological polar surface area (TPSA) is 21.3 Å². The lowest BCUT2D eigenvalue weighted by atomic mass is 9.97. The van der Waals surface area contributed by atoms with Gasteiger partial charge in [-0.1, -0.05) is 31.2 Å². The van der Waals surface area contributed by atoms with Crippen LogP contribution in [0.25, 0.3) is 0 Å². The van der Waals surface area contributed by atoms with Crippen molar-refractivity contribution in [1.82, 2.24) is 5.32 Å². The Labute approximate surface area is 119 Å². The summed E-state index contributed by atoms with van der Waals surface area (Å²) in [4.78, 5) is 0. The molecule has 0 bridgehead atoms. The fraction of sp³-hybridized carbons (Fsp3) is 0.294. The number of methoxy groups -OCH3 is 1. The number of hydrogen-bond donors (Lipinski definition) is 1. The lowest BCUT2D eigenvalue weighted by molar-refractivity contribution is 0.413. The molecule has 3 heteroatoms. The van der Waals surface area contributed by atoms with E-state index in [1.807, 2.05) is 50.2 Å². The van der Waals surface area contributed by atoms with Crippen LogP contribution in [-0.2, 0) is 0 Å². The van der Waals surface area contributed by atoms with Crippen LogP contribution in [-0.4, -0.2) is 13.7 Å². The van der Waals surface area contributed by atoms with Crippen LogP contribution in [0.2, 0.25) is 0 Å². The summed E-state index contributed by atoms with van der Waals surface area (Å²) >= 11 is 0. The van der Waals surface area contributed by atoms with Crippen LogP contribution in [0.5, 0.6) is 5.75 Å². The maximum Gasteiger partial charge on any atom is 0.128 e. The number of hydrogen-bond acceptors (Lipinski definition) is 2. The molecule has 0 heterocycles. The molecule has 0 spiro atoms. The highest BCUT2D eigenvalue weighted by atomic mass is 19.1. The summed E-state index contributed by atoms with van der Waals surface area (Å²) in [6, 6.07) is 12.9. The van der Waals surface area contributed by atoms with Gasteiger partial charge in [-0.2, -0.15) is 0 Å². The SMILES string of the molecule is CCNC(c1cccc(OC)c1)c1ccc(C)cc1F. The number of nitrogens with one attached hydrogen (secondary N) is 1. The third-order valence-electron chi connectivity index (χ3n) is 3.30. The first-order valence-electron chi connectivity index (χ1n) is 6.79. The van der Waals surface area contributed by atoms with E-state index in [-0.39, 0.29) is 11.9 Å². The molecule has 2 aromatic carbocycles. The van der Waals surface area contributed by atoms with Gasteiger partial charge < -0.3 is 10.1 Å². The van der Waals surface area contributed by atoms with Crippen molar-refractivity contribution < 1.29 is 9.13 Å². The van der Waals surface area contributed by atoms with Gasteiger partial charge in [-0.3, -0.25) is 0 Å². The molecule has 0 radical (unpaired) electrons. The van der Waals surface area contributed by atoms with E-state index in [1.54, 1.807) is 13.2 Å². The molecule has 20 heavy (non-hydrogen) atoms. The van der Waals surface area contributed by atoms with E-state index < -0.39 is 0 Å². The molecule has 2 aromatic rings. The molecule has 0 aliphatic heterocycles. The Kier molecular flexibility index (Phi) is 4.74. The van der Waals surface area contributed by atoms with Crippen LogP contribution in [0.1, 0.15) is 29.7 Å². The molecule has 1 unspecified atom stereocenters. The van der Waals surface area contributed by atoms with Crippen LogP contribution >= 0.6 is 0 Å². The highest BCUT2D eigenvalue weighted by Gasteiger charge is 2.17. The molecular formula is C17H20FNO. The van der Waals surface area contributed by atoms with Gasteiger partial charge >= 0.3 is 0 Å². The second-order valence-electron chi connectivity index (χ2n) is 4.79. The minimum absolute atomic E-state index is 0.171. The molecule has 0 saturated carbocycles. The summed E-state index contributed by atoms with van der Waals surface area (Å²) in [6.07, 6.45) is 0. The predicted octanol–water partition coefficient (Wildman–Crippen LogP) is 3.84. The molecule has 2 nitrogen and oxygen atoms in total. The highest BCUT2D eigenvalue weighted by Crippen LogP contribution is 2.27. The lowest BCUT2D eigenvalue weighted by Crippen LogP contribution is -2.23. The van der Waals surface area contributed by atoms with Gasteiger partial charge in [0, 0.05) is 5.56 Å². The van der Waals surface area contributed by atoms with Crippen molar-refractivity contribution in [1.29, 1.82) is 0 Å². The summed E-state index contributed by atoms with van der Waals surface area (Å²) in [5.74, 6) is 0.594. The molecule has 0 aliphatic rings. The molecule has 0 fully saturated rings. The Morgan fingerprint density at radius 1 is 1.20 bits per heavy atom.